The molecule has 0 aliphatic carbocycles. The summed E-state index contributed by atoms with van der Waals surface area (Å²) in [7, 11) is 0. The second kappa shape index (κ2) is 7.20. The molecule has 0 atom stereocenters. The van der Waals surface area contributed by atoms with Crippen LogP contribution in [0.15, 0.2) is 42.5 Å². The minimum Gasteiger partial charge on any atom is -0.490 e. The van der Waals surface area contributed by atoms with Crippen LogP contribution in [0.2, 0.25) is 10.0 Å². The number of carboxylic acid groups (broad SMARTS) is 1. The van der Waals surface area contributed by atoms with Gasteiger partial charge in [0, 0.05) is 5.02 Å². The highest BCUT2D eigenvalue weighted by Crippen LogP contribution is 2.27. The second-order valence-corrected chi connectivity index (χ2v) is 4.94. The van der Waals surface area contributed by atoms with Gasteiger partial charge in [-0.3, -0.25) is 0 Å². The second-order valence-electron chi connectivity index (χ2n) is 4.10. The molecule has 0 unspecified atom stereocenters. The van der Waals surface area contributed by atoms with Gasteiger partial charge in [0.25, 0.3) is 0 Å². The van der Waals surface area contributed by atoms with E-state index in [2.05, 4.69) is 0 Å². The zero-order valence-electron chi connectivity index (χ0n) is 10.9. The van der Waals surface area contributed by atoms with E-state index in [0.29, 0.717) is 34.8 Å². The van der Waals surface area contributed by atoms with Crippen molar-refractivity contribution in [2.45, 2.75) is 0 Å². The average molecular weight is 327 g/mol. The zero-order valence-corrected chi connectivity index (χ0v) is 12.4. The lowest BCUT2D eigenvalue weighted by molar-refractivity contribution is 0.0697. The highest BCUT2D eigenvalue weighted by Gasteiger charge is 2.04. The van der Waals surface area contributed by atoms with E-state index in [1.807, 2.05) is 0 Å². The van der Waals surface area contributed by atoms with Gasteiger partial charge >= 0.3 is 5.97 Å². The van der Waals surface area contributed by atoms with Crippen LogP contribution in [-0.2, 0) is 0 Å². The van der Waals surface area contributed by atoms with Crippen molar-refractivity contribution in [2.24, 2.45) is 0 Å². The van der Waals surface area contributed by atoms with E-state index in [1.54, 1.807) is 30.3 Å². The topological polar surface area (TPSA) is 55.8 Å². The number of carboxylic acids is 1. The lowest BCUT2D eigenvalue weighted by Gasteiger charge is -2.09. The van der Waals surface area contributed by atoms with Gasteiger partial charge in [-0.25, -0.2) is 4.79 Å². The molecular weight excluding hydrogens is 315 g/mol. The Morgan fingerprint density at radius 2 is 1.67 bits per heavy atom. The van der Waals surface area contributed by atoms with Gasteiger partial charge in [-0.1, -0.05) is 23.2 Å². The van der Waals surface area contributed by atoms with Crippen molar-refractivity contribution in [1.82, 2.24) is 0 Å². The van der Waals surface area contributed by atoms with E-state index in [0.717, 1.165) is 0 Å². The summed E-state index contributed by atoms with van der Waals surface area (Å²) in [6.45, 7) is 0.618. The summed E-state index contributed by atoms with van der Waals surface area (Å²) in [5.41, 5.74) is 0.214. The molecule has 0 saturated carbocycles. The van der Waals surface area contributed by atoms with Gasteiger partial charge < -0.3 is 14.6 Å². The minimum atomic E-state index is -0.970. The summed E-state index contributed by atoms with van der Waals surface area (Å²) < 4.78 is 10.9. The number of hydrogen-bond acceptors (Lipinski definition) is 3. The Morgan fingerprint density at radius 1 is 1.00 bits per heavy atom. The fourth-order valence-electron chi connectivity index (χ4n) is 1.60. The summed E-state index contributed by atoms with van der Waals surface area (Å²) in [5, 5.41) is 9.76. The Bertz CT molecular complexity index is 626. The monoisotopic (exact) mass is 326 g/mol. The average Bonchev–Trinajstić information content (AvgIpc) is 2.46. The fourth-order valence-corrected chi connectivity index (χ4v) is 2.06. The van der Waals surface area contributed by atoms with Gasteiger partial charge in [0.1, 0.15) is 24.7 Å². The largest absolute Gasteiger partial charge is 0.490 e. The van der Waals surface area contributed by atoms with Crippen LogP contribution in [-0.4, -0.2) is 24.3 Å². The summed E-state index contributed by atoms with van der Waals surface area (Å²) in [6, 6.07) is 11.1. The summed E-state index contributed by atoms with van der Waals surface area (Å²) >= 11 is 11.8. The zero-order chi connectivity index (χ0) is 15.2. The standard InChI is InChI=1S/C15H12Cl2O4/c16-11-3-6-14(13(17)9-11)21-8-7-20-12-4-1-10(2-5-12)15(18)19/h1-6,9H,7-8H2,(H,18,19). The third-order valence-electron chi connectivity index (χ3n) is 2.60. The number of hydrogen-bond donors (Lipinski definition) is 1. The Hall–Kier alpha value is -1.91. The van der Waals surface area contributed by atoms with Crippen molar-refractivity contribution in [3.8, 4) is 11.5 Å². The molecule has 4 nitrogen and oxygen atoms in total. The molecular formula is C15H12Cl2O4. The Kier molecular flexibility index (Phi) is 5.31. The van der Waals surface area contributed by atoms with Crippen LogP contribution in [0.1, 0.15) is 10.4 Å². The van der Waals surface area contributed by atoms with Crippen molar-refractivity contribution >= 4 is 29.2 Å². The molecule has 21 heavy (non-hydrogen) atoms. The first-order valence-corrected chi connectivity index (χ1v) is 6.86. The molecule has 2 rings (SSSR count). The van der Waals surface area contributed by atoms with E-state index in [4.69, 9.17) is 37.8 Å². The molecule has 0 amide bonds. The summed E-state index contributed by atoms with van der Waals surface area (Å²) in [6.07, 6.45) is 0. The SMILES string of the molecule is O=C(O)c1ccc(OCCOc2ccc(Cl)cc2Cl)cc1. The highest BCUT2D eigenvalue weighted by molar-refractivity contribution is 6.35. The van der Waals surface area contributed by atoms with E-state index < -0.39 is 5.97 Å². The van der Waals surface area contributed by atoms with Gasteiger partial charge in [0.15, 0.2) is 0 Å². The maximum atomic E-state index is 10.7. The Balaban J connectivity index is 1.80. The molecule has 0 fully saturated rings. The summed E-state index contributed by atoms with van der Waals surface area (Å²) in [4.78, 5) is 10.7. The lowest BCUT2D eigenvalue weighted by atomic mass is 10.2. The van der Waals surface area contributed by atoms with Crippen LogP contribution in [0.4, 0.5) is 0 Å². The van der Waals surface area contributed by atoms with Crippen molar-refractivity contribution in [3.05, 3.63) is 58.1 Å². The van der Waals surface area contributed by atoms with Crippen LogP contribution < -0.4 is 9.47 Å². The molecule has 0 radical (unpaired) electrons. The van der Waals surface area contributed by atoms with Crippen molar-refractivity contribution in [2.75, 3.05) is 13.2 Å². The van der Waals surface area contributed by atoms with E-state index in [1.165, 1.54) is 12.1 Å². The van der Waals surface area contributed by atoms with E-state index in [9.17, 15) is 4.79 Å². The first kappa shape index (κ1) is 15.5. The molecule has 110 valence electrons. The predicted octanol–water partition coefficient (Wildman–Crippen LogP) is 4.15. The molecule has 1 N–H and O–H groups in total. The van der Waals surface area contributed by atoms with Crippen LogP contribution in [0, 0.1) is 0 Å². The number of rotatable bonds is 6. The molecule has 0 bridgehead atoms. The van der Waals surface area contributed by atoms with Gasteiger partial charge in [0.05, 0.1) is 10.6 Å². The quantitative estimate of drug-likeness (QED) is 0.810. The Labute approximate surface area is 131 Å². The van der Waals surface area contributed by atoms with E-state index in [-0.39, 0.29) is 5.56 Å². The normalized spacial score (nSPS) is 10.2. The molecule has 6 heteroatoms. The number of aromatic carboxylic acids is 1. The maximum absolute atomic E-state index is 10.7. The lowest BCUT2D eigenvalue weighted by Crippen LogP contribution is -2.09. The highest BCUT2D eigenvalue weighted by atomic mass is 35.5. The molecule has 0 heterocycles. The smallest absolute Gasteiger partial charge is 0.335 e. The number of carbonyl (C=O) groups is 1. The Morgan fingerprint density at radius 3 is 2.29 bits per heavy atom. The van der Waals surface area contributed by atoms with Crippen molar-refractivity contribution < 1.29 is 19.4 Å². The molecule has 0 saturated heterocycles. The first-order valence-electron chi connectivity index (χ1n) is 6.10. The maximum Gasteiger partial charge on any atom is 0.335 e. The molecule has 0 aromatic heterocycles. The van der Waals surface area contributed by atoms with Crippen molar-refractivity contribution in [1.29, 1.82) is 0 Å². The fraction of sp³-hybridized carbons (Fsp3) is 0.133. The molecule has 2 aromatic carbocycles. The van der Waals surface area contributed by atoms with Crippen LogP contribution in [0.5, 0.6) is 11.5 Å². The van der Waals surface area contributed by atoms with E-state index >= 15 is 0 Å². The predicted molar refractivity (Wildman–Crippen MR) is 80.9 cm³/mol. The number of ether oxygens (including phenoxy) is 2. The molecule has 0 spiro atoms. The number of halogens is 2. The van der Waals surface area contributed by atoms with Crippen LogP contribution in [0.3, 0.4) is 0 Å². The van der Waals surface area contributed by atoms with Gasteiger partial charge in [0.2, 0.25) is 0 Å². The number of benzene rings is 2. The van der Waals surface area contributed by atoms with Crippen LogP contribution in [0.25, 0.3) is 0 Å². The minimum absolute atomic E-state index is 0.214. The molecule has 0 aliphatic rings. The molecule has 0 aliphatic heterocycles. The first-order chi connectivity index (χ1) is 10.1. The summed E-state index contributed by atoms with van der Waals surface area (Å²) in [5.74, 6) is 0.138. The van der Waals surface area contributed by atoms with Gasteiger partial charge in [-0.05, 0) is 42.5 Å². The van der Waals surface area contributed by atoms with Crippen molar-refractivity contribution in [3.63, 3.8) is 0 Å². The van der Waals surface area contributed by atoms with Crippen LogP contribution >= 0.6 is 23.2 Å². The van der Waals surface area contributed by atoms with Gasteiger partial charge in [-0.2, -0.15) is 0 Å². The molecule has 2 aromatic rings. The third-order valence-corrected chi connectivity index (χ3v) is 3.14. The van der Waals surface area contributed by atoms with Gasteiger partial charge in [-0.15, -0.1) is 0 Å². The third kappa shape index (κ3) is 4.55.